The first-order chi connectivity index (χ1) is 13.3. The summed E-state index contributed by atoms with van der Waals surface area (Å²) in [5.41, 5.74) is 0.532. The minimum Gasteiger partial charge on any atom is -0.469 e. The van der Waals surface area contributed by atoms with Gasteiger partial charge in [-0.15, -0.1) is 0 Å². The third-order valence-electron chi connectivity index (χ3n) is 5.84. The van der Waals surface area contributed by atoms with Crippen LogP contribution in [0.3, 0.4) is 0 Å². The Morgan fingerprint density at radius 1 is 0.931 bits per heavy atom. The summed E-state index contributed by atoms with van der Waals surface area (Å²) in [5.74, 6) is -0.695. The largest absolute Gasteiger partial charge is 0.469 e. The standard InChI is InChI=1S/C22H36O5Si2/c1-26-20(24)19(28(3,4)5)16-22(21(25)27-2,29(6,7)8)15-18(23)14-17-12-10-9-11-13-17/h9-13,19H,14-16H2,1-8H3. The lowest BCUT2D eigenvalue weighted by atomic mass is 9.92. The molecule has 0 saturated heterocycles. The van der Waals surface area contributed by atoms with E-state index >= 15 is 0 Å². The SMILES string of the molecule is COC(=O)C(CC(CC(=O)Cc1ccccc1)(C(=O)OC)[Si](C)(C)C)[Si](C)(C)C. The van der Waals surface area contributed by atoms with Gasteiger partial charge >= 0.3 is 11.9 Å². The molecule has 0 bridgehead atoms. The molecule has 2 atom stereocenters. The molecule has 5 nitrogen and oxygen atoms in total. The van der Waals surface area contributed by atoms with Gasteiger partial charge < -0.3 is 9.47 Å². The van der Waals surface area contributed by atoms with Crippen LogP contribution in [0.5, 0.6) is 0 Å². The third kappa shape index (κ3) is 6.37. The number of benzene rings is 1. The molecule has 0 aromatic heterocycles. The molecule has 0 heterocycles. The number of ketones is 1. The van der Waals surface area contributed by atoms with Crippen molar-refractivity contribution in [2.75, 3.05) is 14.2 Å². The maximum Gasteiger partial charge on any atom is 0.309 e. The molecule has 0 radical (unpaired) electrons. The van der Waals surface area contributed by atoms with Crippen LogP contribution in [-0.2, 0) is 30.3 Å². The molecular formula is C22H36O5Si2. The number of carbonyl (C=O) groups is 3. The Morgan fingerprint density at radius 3 is 1.90 bits per heavy atom. The molecule has 29 heavy (non-hydrogen) atoms. The second-order valence-corrected chi connectivity index (χ2v) is 20.7. The number of methoxy groups -OCH3 is 2. The van der Waals surface area contributed by atoms with Crippen LogP contribution in [0.1, 0.15) is 18.4 Å². The van der Waals surface area contributed by atoms with Crippen LogP contribution in [0.4, 0.5) is 0 Å². The zero-order valence-electron chi connectivity index (χ0n) is 19.1. The van der Waals surface area contributed by atoms with Crippen LogP contribution in [0.15, 0.2) is 30.3 Å². The molecular weight excluding hydrogens is 400 g/mol. The molecule has 162 valence electrons. The van der Waals surface area contributed by atoms with Gasteiger partial charge in [-0.25, -0.2) is 0 Å². The van der Waals surface area contributed by atoms with Crippen LogP contribution in [0.25, 0.3) is 0 Å². The molecule has 0 fully saturated rings. The fourth-order valence-corrected chi connectivity index (χ4v) is 8.01. The van der Waals surface area contributed by atoms with Gasteiger partial charge in [0, 0.05) is 12.8 Å². The van der Waals surface area contributed by atoms with Gasteiger partial charge in [-0.3, -0.25) is 14.4 Å². The highest BCUT2D eigenvalue weighted by molar-refractivity contribution is 6.84. The maximum atomic E-state index is 13.2. The summed E-state index contributed by atoms with van der Waals surface area (Å²) in [7, 11) is -1.56. The van der Waals surface area contributed by atoms with Crippen LogP contribution in [-0.4, -0.2) is 48.1 Å². The van der Waals surface area contributed by atoms with Crippen molar-refractivity contribution in [3.63, 3.8) is 0 Å². The zero-order valence-corrected chi connectivity index (χ0v) is 21.1. The van der Waals surface area contributed by atoms with Crippen molar-refractivity contribution in [1.29, 1.82) is 0 Å². The number of hydrogen-bond donors (Lipinski definition) is 0. The Morgan fingerprint density at radius 2 is 1.48 bits per heavy atom. The minimum absolute atomic E-state index is 0.0109. The van der Waals surface area contributed by atoms with Gasteiger partial charge in [-0.05, 0) is 12.0 Å². The van der Waals surface area contributed by atoms with Crippen molar-refractivity contribution in [2.24, 2.45) is 0 Å². The second-order valence-electron chi connectivity index (χ2n) is 9.85. The lowest BCUT2D eigenvalue weighted by Crippen LogP contribution is -2.50. The van der Waals surface area contributed by atoms with E-state index in [4.69, 9.17) is 9.47 Å². The van der Waals surface area contributed by atoms with Crippen LogP contribution in [0.2, 0.25) is 49.9 Å². The fraction of sp³-hybridized carbons (Fsp3) is 0.591. The summed E-state index contributed by atoms with van der Waals surface area (Å²) in [4.78, 5) is 38.9. The molecule has 0 saturated carbocycles. The van der Waals surface area contributed by atoms with Crippen LogP contribution >= 0.6 is 0 Å². The summed E-state index contributed by atoms with van der Waals surface area (Å²) >= 11 is 0. The number of esters is 2. The van der Waals surface area contributed by atoms with E-state index < -0.39 is 21.2 Å². The predicted octanol–water partition coefficient (Wildman–Crippen LogP) is 4.71. The Balaban J connectivity index is 3.39. The van der Waals surface area contributed by atoms with Crippen molar-refractivity contribution in [1.82, 2.24) is 0 Å². The number of hydrogen-bond acceptors (Lipinski definition) is 5. The molecule has 1 rings (SSSR count). The maximum absolute atomic E-state index is 13.2. The zero-order chi connectivity index (χ0) is 22.5. The highest BCUT2D eigenvalue weighted by atomic mass is 28.3. The first-order valence-corrected chi connectivity index (χ1v) is 17.1. The monoisotopic (exact) mass is 436 g/mol. The molecule has 2 unspecified atom stereocenters. The Hall–Kier alpha value is -1.74. The van der Waals surface area contributed by atoms with Crippen molar-refractivity contribution < 1.29 is 23.9 Å². The van der Waals surface area contributed by atoms with Crippen molar-refractivity contribution in [3.8, 4) is 0 Å². The smallest absolute Gasteiger partial charge is 0.309 e. The normalized spacial score (nSPS) is 15.2. The van der Waals surface area contributed by atoms with Gasteiger partial charge in [-0.2, -0.15) is 0 Å². The molecule has 1 aromatic carbocycles. The first-order valence-electron chi connectivity index (χ1n) is 10.0. The van der Waals surface area contributed by atoms with E-state index in [0.717, 1.165) is 5.56 Å². The molecule has 0 amide bonds. The highest BCUT2D eigenvalue weighted by Gasteiger charge is 2.55. The van der Waals surface area contributed by atoms with Crippen molar-refractivity contribution >= 4 is 33.9 Å². The van der Waals surface area contributed by atoms with E-state index in [0.29, 0.717) is 6.42 Å². The topological polar surface area (TPSA) is 69.7 Å². The predicted molar refractivity (Wildman–Crippen MR) is 122 cm³/mol. The molecule has 0 aliphatic rings. The van der Waals surface area contributed by atoms with Gasteiger partial charge in [0.15, 0.2) is 0 Å². The van der Waals surface area contributed by atoms with E-state index in [2.05, 4.69) is 39.3 Å². The average Bonchev–Trinajstić information content (AvgIpc) is 2.62. The van der Waals surface area contributed by atoms with Gasteiger partial charge in [-0.1, -0.05) is 69.6 Å². The summed E-state index contributed by atoms with van der Waals surface area (Å²) in [6.45, 7) is 12.5. The number of ether oxygens (including phenoxy) is 2. The average molecular weight is 437 g/mol. The fourth-order valence-electron chi connectivity index (χ4n) is 3.76. The van der Waals surface area contributed by atoms with Gasteiger partial charge in [0.2, 0.25) is 0 Å². The van der Waals surface area contributed by atoms with E-state index in [1.54, 1.807) is 0 Å². The van der Waals surface area contributed by atoms with Gasteiger partial charge in [0.25, 0.3) is 0 Å². The van der Waals surface area contributed by atoms with Crippen LogP contribution in [0, 0.1) is 0 Å². The molecule has 1 aromatic rings. The molecule has 7 heteroatoms. The summed E-state index contributed by atoms with van der Waals surface area (Å²) in [6.07, 6.45) is 0.653. The lowest BCUT2D eigenvalue weighted by Gasteiger charge is -2.44. The summed E-state index contributed by atoms with van der Waals surface area (Å²) in [5, 5.41) is -0.979. The van der Waals surface area contributed by atoms with Crippen LogP contribution < -0.4 is 0 Å². The third-order valence-corrected chi connectivity index (χ3v) is 11.8. The Bertz CT molecular complexity index is 719. The summed E-state index contributed by atoms with van der Waals surface area (Å²) in [6, 6.07) is 9.52. The number of rotatable bonds is 10. The first kappa shape index (κ1) is 25.3. The highest BCUT2D eigenvalue weighted by Crippen LogP contribution is 2.52. The van der Waals surface area contributed by atoms with E-state index in [1.807, 2.05) is 30.3 Å². The minimum atomic E-state index is -2.28. The summed E-state index contributed by atoms with van der Waals surface area (Å²) < 4.78 is 10.3. The second kappa shape index (κ2) is 9.84. The number of carbonyl (C=O) groups excluding carboxylic acids is 3. The van der Waals surface area contributed by atoms with E-state index in [-0.39, 0.29) is 36.1 Å². The molecule has 0 aliphatic heterocycles. The van der Waals surface area contributed by atoms with Crippen molar-refractivity contribution in [3.05, 3.63) is 35.9 Å². The lowest BCUT2D eigenvalue weighted by molar-refractivity contribution is -0.147. The number of Topliss-reactive ketones (excluding diaryl/α,β-unsaturated/α-hetero) is 1. The molecule has 0 aliphatic carbocycles. The van der Waals surface area contributed by atoms with Gasteiger partial charge in [0.1, 0.15) is 5.78 Å². The Kier molecular flexibility index (Phi) is 8.59. The Labute approximate surface area is 177 Å². The quantitative estimate of drug-likeness (QED) is 0.392. The van der Waals surface area contributed by atoms with Gasteiger partial charge in [0.05, 0.1) is 40.9 Å². The van der Waals surface area contributed by atoms with Crippen molar-refractivity contribution in [2.45, 2.75) is 69.1 Å². The molecule has 0 spiro atoms. The molecule has 0 N–H and O–H groups in total. The van der Waals surface area contributed by atoms with E-state index in [9.17, 15) is 14.4 Å². The van der Waals surface area contributed by atoms with E-state index in [1.165, 1.54) is 14.2 Å².